The summed E-state index contributed by atoms with van der Waals surface area (Å²) in [5.41, 5.74) is 4.94. The number of H-pyrrole nitrogens is 1. The van der Waals surface area contributed by atoms with E-state index in [1.54, 1.807) is 16.8 Å². The van der Waals surface area contributed by atoms with Gasteiger partial charge in [0.05, 0.1) is 32.8 Å². The van der Waals surface area contributed by atoms with Crippen LogP contribution in [0.3, 0.4) is 0 Å². The summed E-state index contributed by atoms with van der Waals surface area (Å²) in [5, 5.41) is 11.4. The van der Waals surface area contributed by atoms with Crippen LogP contribution in [-0.4, -0.2) is 14.8 Å². The number of para-hydroxylation sites is 1. The smallest absolute Gasteiger partial charge is 0.293 e. The van der Waals surface area contributed by atoms with Crippen LogP contribution in [0.5, 0.6) is 0 Å². The average Bonchev–Trinajstić information content (AvgIpc) is 3.18. The molecule has 0 radical (unpaired) electrons. The third-order valence-electron chi connectivity index (χ3n) is 3.64. The van der Waals surface area contributed by atoms with Crippen LogP contribution in [0.2, 0.25) is 0 Å². The van der Waals surface area contributed by atoms with E-state index >= 15 is 0 Å². The van der Waals surface area contributed by atoms with Gasteiger partial charge in [-0.25, -0.2) is 9.67 Å². The lowest BCUT2D eigenvalue weighted by atomic mass is 10.3. The Hall–Kier alpha value is -3.06. The van der Waals surface area contributed by atoms with E-state index in [-0.39, 0.29) is 5.56 Å². The van der Waals surface area contributed by atoms with Gasteiger partial charge in [0, 0.05) is 0 Å². The number of azo groups is 1. The molecule has 0 saturated carbocycles. The van der Waals surface area contributed by atoms with Gasteiger partial charge in [0.1, 0.15) is 0 Å². The van der Waals surface area contributed by atoms with Gasteiger partial charge in [-0.3, -0.25) is 9.89 Å². The number of hydrogen-bond donors (Lipinski definition) is 1. The average molecular weight is 335 g/mol. The number of thiazole rings is 1. The molecule has 0 atom stereocenters. The first kappa shape index (κ1) is 14.5. The second-order valence-electron chi connectivity index (χ2n) is 5.27. The van der Waals surface area contributed by atoms with Crippen LogP contribution in [0.4, 0.5) is 11.4 Å². The number of nitrogens with one attached hydrogen (secondary N) is 1. The first-order chi connectivity index (χ1) is 11.7. The summed E-state index contributed by atoms with van der Waals surface area (Å²) in [6.07, 6.45) is 0. The monoisotopic (exact) mass is 335 g/mol. The molecule has 0 amide bonds. The normalized spacial score (nSPS) is 11.5. The van der Waals surface area contributed by atoms with Crippen molar-refractivity contribution in [2.24, 2.45) is 10.2 Å². The highest BCUT2D eigenvalue weighted by molar-refractivity contribution is 7.16. The summed E-state index contributed by atoms with van der Waals surface area (Å²) in [6.45, 7) is 1.81. The first-order valence-electron chi connectivity index (χ1n) is 7.34. The Labute approximate surface area is 141 Å². The molecular formula is C17H13N5OS. The van der Waals surface area contributed by atoms with Crippen LogP contribution in [-0.2, 0) is 0 Å². The van der Waals surface area contributed by atoms with Gasteiger partial charge in [0.15, 0.2) is 5.69 Å². The number of aryl methyl sites for hydroxylation is 1. The van der Waals surface area contributed by atoms with Crippen LogP contribution in [0.1, 0.15) is 5.69 Å². The molecule has 2 aromatic carbocycles. The first-order valence-corrected chi connectivity index (χ1v) is 8.22. The Morgan fingerprint density at radius 3 is 2.79 bits per heavy atom. The maximum atomic E-state index is 12.6. The van der Waals surface area contributed by atoms with Crippen molar-refractivity contribution in [2.75, 3.05) is 0 Å². The summed E-state index contributed by atoms with van der Waals surface area (Å²) in [7, 11) is 0. The van der Waals surface area contributed by atoms with Gasteiger partial charge >= 0.3 is 0 Å². The van der Waals surface area contributed by atoms with Crippen molar-refractivity contribution in [3.63, 3.8) is 0 Å². The number of fused-ring (bicyclic) bond motifs is 1. The highest BCUT2D eigenvalue weighted by atomic mass is 32.1. The van der Waals surface area contributed by atoms with Gasteiger partial charge in [-0.2, -0.15) is 5.11 Å². The Morgan fingerprint density at radius 2 is 1.96 bits per heavy atom. The molecule has 118 valence electrons. The molecule has 4 rings (SSSR count). The molecule has 6 nitrogen and oxygen atoms in total. The lowest BCUT2D eigenvalue weighted by molar-refractivity contribution is 0.835. The van der Waals surface area contributed by atoms with Gasteiger partial charge in [-0.05, 0) is 37.3 Å². The Bertz CT molecular complexity index is 1090. The maximum Gasteiger partial charge on any atom is 0.299 e. The van der Waals surface area contributed by atoms with Crippen molar-refractivity contribution in [3.8, 4) is 5.69 Å². The standard InChI is InChI=1S/C17H13N5OS/c1-11-16(17(23)22(21-11)13-5-3-2-4-6-13)20-19-12-7-8-14-15(9-12)24-10-18-14/h2-10,21H,1H3. The van der Waals surface area contributed by atoms with Gasteiger partial charge in [-0.15, -0.1) is 16.5 Å². The number of aromatic amines is 1. The minimum Gasteiger partial charge on any atom is -0.293 e. The number of rotatable bonds is 3. The Balaban J connectivity index is 1.72. The molecule has 0 bridgehead atoms. The molecule has 4 aromatic rings. The molecular weight excluding hydrogens is 322 g/mol. The van der Waals surface area contributed by atoms with E-state index in [1.807, 2.05) is 55.5 Å². The van der Waals surface area contributed by atoms with Crippen molar-refractivity contribution >= 4 is 32.9 Å². The van der Waals surface area contributed by atoms with E-state index in [1.165, 1.54) is 4.68 Å². The lowest BCUT2D eigenvalue weighted by Crippen LogP contribution is -2.13. The molecule has 24 heavy (non-hydrogen) atoms. The number of aromatic nitrogens is 3. The van der Waals surface area contributed by atoms with Crippen LogP contribution >= 0.6 is 11.3 Å². The third-order valence-corrected chi connectivity index (χ3v) is 4.43. The van der Waals surface area contributed by atoms with Gasteiger partial charge in [0.25, 0.3) is 5.56 Å². The Morgan fingerprint density at radius 1 is 1.12 bits per heavy atom. The fourth-order valence-corrected chi connectivity index (χ4v) is 3.14. The van der Waals surface area contributed by atoms with Crippen molar-refractivity contribution in [2.45, 2.75) is 6.92 Å². The van der Waals surface area contributed by atoms with E-state index < -0.39 is 0 Å². The quantitative estimate of drug-likeness (QED) is 0.560. The summed E-state index contributed by atoms with van der Waals surface area (Å²) in [4.78, 5) is 16.8. The fourth-order valence-electron chi connectivity index (χ4n) is 2.43. The van der Waals surface area contributed by atoms with Crippen molar-refractivity contribution < 1.29 is 0 Å². The van der Waals surface area contributed by atoms with Crippen LogP contribution < -0.4 is 5.56 Å². The summed E-state index contributed by atoms with van der Waals surface area (Å²) in [5.74, 6) is 0. The van der Waals surface area contributed by atoms with E-state index in [0.717, 1.165) is 15.9 Å². The summed E-state index contributed by atoms with van der Waals surface area (Å²) >= 11 is 1.55. The predicted molar refractivity (Wildman–Crippen MR) is 94.9 cm³/mol. The minimum atomic E-state index is -0.221. The molecule has 0 unspecified atom stereocenters. The topological polar surface area (TPSA) is 75.4 Å². The molecule has 0 fully saturated rings. The van der Waals surface area contributed by atoms with Gasteiger partial charge in [0.2, 0.25) is 0 Å². The van der Waals surface area contributed by atoms with E-state index in [9.17, 15) is 4.79 Å². The zero-order chi connectivity index (χ0) is 16.5. The predicted octanol–water partition coefficient (Wildman–Crippen LogP) is 4.50. The van der Waals surface area contributed by atoms with Crippen LogP contribution in [0.25, 0.3) is 15.9 Å². The fraction of sp³-hybridized carbons (Fsp3) is 0.0588. The van der Waals surface area contributed by atoms with Crippen molar-refractivity contribution in [1.82, 2.24) is 14.8 Å². The molecule has 0 aliphatic rings. The zero-order valence-corrected chi connectivity index (χ0v) is 13.6. The molecule has 2 heterocycles. The molecule has 0 spiro atoms. The third kappa shape index (κ3) is 2.55. The molecule has 0 saturated heterocycles. The molecule has 2 aromatic heterocycles. The maximum absolute atomic E-state index is 12.6. The van der Waals surface area contributed by atoms with Crippen LogP contribution in [0, 0.1) is 6.92 Å². The lowest BCUT2D eigenvalue weighted by Gasteiger charge is -1.99. The molecule has 0 aliphatic heterocycles. The van der Waals surface area contributed by atoms with E-state index in [4.69, 9.17) is 0 Å². The zero-order valence-electron chi connectivity index (χ0n) is 12.8. The van der Waals surface area contributed by atoms with E-state index in [0.29, 0.717) is 17.1 Å². The summed E-state index contributed by atoms with van der Waals surface area (Å²) < 4.78 is 2.51. The Kier molecular flexibility index (Phi) is 3.55. The highest BCUT2D eigenvalue weighted by Gasteiger charge is 2.11. The SMILES string of the molecule is Cc1[nH]n(-c2ccccc2)c(=O)c1N=Nc1ccc2ncsc2c1. The largest absolute Gasteiger partial charge is 0.299 e. The number of benzene rings is 2. The number of hydrogen-bond acceptors (Lipinski definition) is 5. The number of nitrogens with zero attached hydrogens (tertiary/aromatic N) is 4. The van der Waals surface area contributed by atoms with Crippen LogP contribution in [0.15, 0.2) is 69.1 Å². The minimum absolute atomic E-state index is 0.221. The second-order valence-corrected chi connectivity index (χ2v) is 6.15. The molecule has 7 heteroatoms. The van der Waals surface area contributed by atoms with Crippen molar-refractivity contribution in [1.29, 1.82) is 0 Å². The van der Waals surface area contributed by atoms with Gasteiger partial charge in [-0.1, -0.05) is 18.2 Å². The molecule has 0 aliphatic carbocycles. The van der Waals surface area contributed by atoms with Gasteiger partial charge < -0.3 is 0 Å². The van der Waals surface area contributed by atoms with E-state index in [2.05, 4.69) is 20.3 Å². The molecule has 1 N–H and O–H groups in total. The highest BCUT2D eigenvalue weighted by Crippen LogP contribution is 2.25. The second kappa shape index (κ2) is 5.86. The summed E-state index contributed by atoms with van der Waals surface area (Å²) in [6, 6.07) is 15.0. The van der Waals surface area contributed by atoms with Crippen molar-refractivity contribution in [3.05, 3.63) is 70.1 Å².